The number of benzene rings is 2. The van der Waals surface area contributed by atoms with Crippen molar-refractivity contribution < 1.29 is 13.2 Å². The molecule has 0 saturated heterocycles. The quantitative estimate of drug-likeness (QED) is 0.586. The topological polar surface area (TPSA) is 13.1 Å². The highest BCUT2D eigenvalue weighted by molar-refractivity contribution is 6.21. The van der Waals surface area contributed by atoms with Crippen LogP contribution < -0.4 is 0 Å². The van der Waals surface area contributed by atoms with E-state index in [1.54, 1.807) is 18.2 Å². The van der Waals surface area contributed by atoms with Crippen LogP contribution in [0.2, 0.25) is 0 Å². The number of fused-ring (bicyclic) bond motifs is 3. The molecule has 3 rings (SSSR count). The number of hydrogen-bond donors (Lipinski definition) is 0. The Hall–Kier alpha value is -1.61. The first-order valence-corrected chi connectivity index (χ1v) is 5.94. The van der Waals surface area contributed by atoms with Crippen molar-refractivity contribution in [2.24, 2.45) is 0 Å². The molecule has 1 atom stereocenters. The second-order valence-electron chi connectivity index (χ2n) is 4.09. The van der Waals surface area contributed by atoms with E-state index in [9.17, 15) is 8.78 Å². The van der Waals surface area contributed by atoms with Crippen molar-refractivity contribution >= 4 is 33.5 Å². The van der Waals surface area contributed by atoms with Crippen molar-refractivity contribution in [2.75, 3.05) is 0 Å². The van der Waals surface area contributed by atoms with Crippen LogP contribution in [0.4, 0.5) is 8.78 Å². The molecule has 1 heterocycles. The monoisotopic (exact) mass is 266 g/mol. The first kappa shape index (κ1) is 11.5. The van der Waals surface area contributed by atoms with Crippen LogP contribution in [-0.2, 0) is 0 Å². The minimum Gasteiger partial charge on any atom is -0.456 e. The lowest BCUT2D eigenvalue weighted by Crippen LogP contribution is -2.01. The molecule has 0 saturated carbocycles. The normalized spacial score (nSPS) is 13.6. The van der Waals surface area contributed by atoms with E-state index in [4.69, 9.17) is 16.0 Å². The van der Waals surface area contributed by atoms with Gasteiger partial charge in [-0.3, -0.25) is 0 Å². The number of para-hydroxylation sites is 1. The lowest BCUT2D eigenvalue weighted by Gasteiger charge is -2.07. The summed E-state index contributed by atoms with van der Waals surface area (Å²) in [5.74, 6) is 0. The van der Waals surface area contributed by atoms with Gasteiger partial charge in [-0.1, -0.05) is 24.3 Å². The summed E-state index contributed by atoms with van der Waals surface area (Å²) in [5.41, 5.74) is 1.83. The predicted molar refractivity (Wildman–Crippen MR) is 68.3 cm³/mol. The van der Waals surface area contributed by atoms with Gasteiger partial charge in [0.15, 0.2) is 0 Å². The fraction of sp³-hybridized carbons (Fsp3) is 0.143. The van der Waals surface area contributed by atoms with Crippen LogP contribution in [0.1, 0.15) is 10.9 Å². The molecule has 0 amide bonds. The maximum Gasteiger partial charge on any atom is 0.258 e. The predicted octanol–water partition coefficient (Wildman–Crippen LogP) is 5.13. The highest BCUT2D eigenvalue weighted by Crippen LogP contribution is 2.34. The molecule has 0 aliphatic carbocycles. The minimum atomic E-state index is -2.58. The summed E-state index contributed by atoms with van der Waals surface area (Å²) in [4.78, 5) is 0. The number of hydrogen-bond acceptors (Lipinski definition) is 1. The Morgan fingerprint density at radius 2 is 1.67 bits per heavy atom. The molecule has 92 valence electrons. The summed E-state index contributed by atoms with van der Waals surface area (Å²) in [6, 6.07) is 12.4. The molecular weight excluding hydrogens is 258 g/mol. The summed E-state index contributed by atoms with van der Waals surface area (Å²) in [7, 11) is 0. The van der Waals surface area contributed by atoms with Gasteiger partial charge in [-0.25, -0.2) is 8.78 Å². The Bertz CT molecular complexity index is 705. The second kappa shape index (κ2) is 4.25. The Balaban J connectivity index is 2.24. The van der Waals surface area contributed by atoms with Gasteiger partial charge < -0.3 is 4.42 Å². The smallest absolute Gasteiger partial charge is 0.258 e. The molecule has 1 nitrogen and oxygen atoms in total. The van der Waals surface area contributed by atoms with Gasteiger partial charge in [0.05, 0.1) is 0 Å². The van der Waals surface area contributed by atoms with E-state index in [1.165, 1.54) is 0 Å². The standard InChI is InChI=1S/C14H9ClF2O/c15-13(14(16)17)8-5-6-12-10(7-8)9-3-1-2-4-11(9)18-12/h1-7,13-14H. The van der Waals surface area contributed by atoms with Crippen LogP contribution in [-0.4, -0.2) is 6.43 Å². The Morgan fingerprint density at radius 1 is 0.944 bits per heavy atom. The van der Waals surface area contributed by atoms with Crippen molar-refractivity contribution in [2.45, 2.75) is 11.8 Å². The lowest BCUT2D eigenvalue weighted by molar-refractivity contribution is 0.143. The zero-order valence-electron chi connectivity index (χ0n) is 9.24. The summed E-state index contributed by atoms with van der Waals surface area (Å²) in [6.07, 6.45) is -2.58. The van der Waals surface area contributed by atoms with Gasteiger partial charge in [0.1, 0.15) is 16.5 Å². The van der Waals surface area contributed by atoms with Crippen LogP contribution >= 0.6 is 11.6 Å². The zero-order chi connectivity index (χ0) is 12.7. The maximum atomic E-state index is 12.6. The van der Waals surface area contributed by atoms with Gasteiger partial charge in [-0.05, 0) is 23.8 Å². The van der Waals surface area contributed by atoms with Crippen LogP contribution in [0, 0.1) is 0 Å². The summed E-state index contributed by atoms with van der Waals surface area (Å²) in [6.45, 7) is 0. The number of alkyl halides is 3. The molecule has 3 aromatic rings. The minimum absolute atomic E-state index is 0.408. The second-order valence-corrected chi connectivity index (χ2v) is 4.56. The van der Waals surface area contributed by atoms with Gasteiger partial charge in [-0.2, -0.15) is 0 Å². The van der Waals surface area contributed by atoms with E-state index in [1.807, 2.05) is 24.3 Å². The van der Waals surface area contributed by atoms with E-state index >= 15 is 0 Å². The summed E-state index contributed by atoms with van der Waals surface area (Å²) >= 11 is 5.68. The average Bonchev–Trinajstić information content (AvgIpc) is 2.75. The molecule has 0 fully saturated rings. The van der Waals surface area contributed by atoms with Gasteiger partial charge >= 0.3 is 0 Å². The van der Waals surface area contributed by atoms with Crippen LogP contribution in [0.15, 0.2) is 46.9 Å². The van der Waals surface area contributed by atoms with Crippen molar-refractivity contribution in [3.05, 3.63) is 48.0 Å². The van der Waals surface area contributed by atoms with E-state index in [-0.39, 0.29) is 0 Å². The largest absolute Gasteiger partial charge is 0.456 e. The number of furan rings is 1. The first-order valence-electron chi connectivity index (χ1n) is 5.50. The Kier molecular flexibility index (Phi) is 2.71. The average molecular weight is 267 g/mol. The van der Waals surface area contributed by atoms with E-state index < -0.39 is 11.8 Å². The van der Waals surface area contributed by atoms with Gasteiger partial charge in [0.2, 0.25) is 0 Å². The lowest BCUT2D eigenvalue weighted by atomic mass is 10.1. The summed E-state index contributed by atoms with van der Waals surface area (Å²) < 4.78 is 30.8. The zero-order valence-corrected chi connectivity index (χ0v) is 9.99. The van der Waals surface area contributed by atoms with E-state index in [2.05, 4.69) is 0 Å². The van der Waals surface area contributed by atoms with Gasteiger partial charge in [0.25, 0.3) is 6.43 Å². The molecule has 18 heavy (non-hydrogen) atoms. The molecule has 2 aromatic carbocycles. The van der Waals surface area contributed by atoms with Crippen LogP contribution in [0.3, 0.4) is 0 Å². The van der Waals surface area contributed by atoms with Crippen molar-refractivity contribution in [1.82, 2.24) is 0 Å². The molecule has 0 bridgehead atoms. The van der Waals surface area contributed by atoms with Gasteiger partial charge in [0, 0.05) is 10.8 Å². The molecule has 4 heteroatoms. The van der Waals surface area contributed by atoms with Crippen molar-refractivity contribution in [3.8, 4) is 0 Å². The van der Waals surface area contributed by atoms with Gasteiger partial charge in [-0.15, -0.1) is 11.6 Å². The molecule has 0 spiro atoms. The van der Waals surface area contributed by atoms with Crippen LogP contribution in [0.25, 0.3) is 21.9 Å². The summed E-state index contributed by atoms with van der Waals surface area (Å²) in [5, 5.41) is 0.435. The third-order valence-corrected chi connectivity index (χ3v) is 3.38. The molecule has 0 radical (unpaired) electrons. The molecule has 1 aromatic heterocycles. The van der Waals surface area contributed by atoms with E-state index in [0.717, 1.165) is 16.4 Å². The Morgan fingerprint density at radius 3 is 2.44 bits per heavy atom. The molecular formula is C14H9ClF2O. The molecule has 0 N–H and O–H groups in total. The molecule has 0 aliphatic heterocycles. The highest BCUT2D eigenvalue weighted by atomic mass is 35.5. The molecule has 1 unspecified atom stereocenters. The fourth-order valence-electron chi connectivity index (χ4n) is 2.06. The van der Waals surface area contributed by atoms with Crippen molar-refractivity contribution in [1.29, 1.82) is 0 Å². The Labute approximate surface area is 107 Å². The third-order valence-electron chi connectivity index (χ3n) is 2.94. The first-order chi connectivity index (χ1) is 8.66. The SMILES string of the molecule is FC(F)C(Cl)c1ccc2oc3ccccc3c2c1. The number of halogens is 3. The maximum absolute atomic E-state index is 12.6. The van der Waals surface area contributed by atoms with Crippen molar-refractivity contribution in [3.63, 3.8) is 0 Å². The highest BCUT2D eigenvalue weighted by Gasteiger charge is 2.20. The third kappa shape index (κ3) is 1.75. The number of rotatable bonds is 2. The van der Waals surface area contributed by atoms with E-state index in [0.29, 0.717) is 11.1 Å². The van der Waals surface area contributed by atoms with Crippen LogP contribution in [0.5, 0.6) is 0 Å². The fourth-order valence-corrected chi connectivity index (χ4v) is 2.20. The molecule has 0 aliphatic rings.